The average Bonchev–Trinajstić information content (AvgIpc) is 2.66. The van der Waals surface area contributed by atoms with Gasteiger partial charge in [0.05, 0.1) is 31.5 Å². The van der Waals surface area contributed by atoms with Gasteiger partial charge in [-0.2, -0.15) is 0 Å². The lowest BCUT2D eigenvalue weighted by molar-refractivity contribution is -0.0335. The molecule has 0 aromatic rings. The van der Waals surface area contributed by atoms with E-state index in [0.29, 0.717) is 0 Å². The topological polar surface area (TPSA) is 108 Å². The van der Waals surface area contributed by atoms with Gasteiger partial charge in [0.15, 0.2) is 8.32 Å². The third kappa shape index (κ3) is 3.52. The van der Waals surface area contributed by atoms with Gasteiger partial charge >= 0.3 is 0 Å². The predicted molar refractivity (Wildman–Crippen MR) is 77.8 cm³/mol. The Morgan fingerprint density at radius 1 is 1.25 bits per heavy atom. The van der Waals surface area contributed by atoms with Crippen LogP contribution in [-0.2, 0) is 9.16 Å². The minimum atomic E-state index is -2.10. The standard InChI is InChI=1S/C12H25N3O4Si/c1-12(2,3)20(4,5)19-11-9(7-17)18-8(6-16)10(11)14-15-13/h8-11,16-17H,6-7H2,1-5H3/t8-,9+,10-,11+/m1/s1. The van der Waals surface area contributed by atoms with E-state index in [0.717, 1.165) is 0 Å². The maximum atomic E-state index is 9.43. The van der Waals surface area contributed by atoms with E-state index in [4.69, 9.17) is 14.7 Å². The Kier molecular flexibility index (Phi) is 5.59. The fraction of sp³-hybridized carbons (Fsp3) is 1.00. The van der Waals surface area contributed by atoms with Crippen molar-refractivity contribution in [1.29, 1.82) is 0 Å². The van der Waals surface area contributed by atoms with Crippen molar-refractivity contribution in [2.45, 2.75) is 63.3 Å². The summed E-state index contributed by atoms with van der Waals surface area (Å²) < 4.78 is 11.8. The second-order valence-electron chi connectivity index (χ2n) is 6.62. The monoisotopic (exact) mass is 303 g/mol. The molecule has 1 rings (SSSR count). The van der Waals surface area contributed by atoms with Crippen molar-refractivity contribution in [3.63, 3.8) is 0 Å². The first kappa shape index (κ1) is 17.4. The van der Waals surface area contributed by atoms with E-state index in [2.05, 4.69) is 43.9 Å². The summed E-state index contributed by atoms with van der Waals surface area (Å²) in [6.07, 6.45) is -1.72. The van der Waals surface area contributed by atoms with Crippen LogP contribution in [0.25, 0.3) is 10.4 Å². The largest absolute Gasteiger partial charge is 0.411 e. The van der Waals surface area contributed by atoms with Gasteiger partial charge in [0, 0.05) is 4.91 Å². The highest BCUT2D eigenvalue weighted by Gasteiger charge is 2.49. The summed E-state index contributed by atoms with van der Waals surface area (Å²) in [6, 6.07) is -0.615. The quantitative estimate of drug-likeness (QED) is 0.349. The van der Waals surface area contributed by atoms with Crippen LogP contribution >= 0.6 is 0 Å². The van der Waals surface area contributed by atoms with Gasteiger partial charge in [-0.25, -0.2) is 0 Å². The molecular weight excluding hydrogens is 278 g/mol. The Hall–Kier alpha value is -0.633. The van der Waals surface area contributed by atoms with Crippen LogP contribution in [0.5, 0.6) is 0 Å². The van der Waals surface area contributed by atoms with Crippen molar-refractivity contribution in [3.8, 4) is 0 Å². The summed E-state index contributed by atoms with van der Waals surface area (Å²) in [7, 11) is -2.10. The molecule has 1 aliphatic heterocycles. The summed E-state index contributed by atoms with van der Waals surface area (Å²) in [6.45, 7) is 9.99. The summed E-state index contributed by atoms with van der Waals surface area (Å²) in [4.78, 5) is 2.81. The lowest BCUT2D eigenvalue weighted by Gasteiger charge is -2.40. The highest BCUT2D eigenvalue weighted by molar-refractivity contribution is 6.74. The molecule has 20 heavy (non-hydrogen) atoms. The first-order valence-corrected chi connectivity index (χ1v) is 9.68. The van der Waals surface area contributed by atoms with E-state index in [1.807, 2.05) is 0 Å². The molecule has 1 heterocycles. The van der Waals surface area contributed by atoms with E-state index in [9.17, 15) is 10.2 Å². The molecule has 0 amide bonds. The highest BCUT2D eigenvalue weighted by atomic mass is 28.4. The first-order chi connectivity index (χ1) is 9.17. The molecule has 1 saturated heterocycles. The lowest BCUT2D eigenvalue weighted by Crippen LogP contribution is -2.49. The predicted octanol–water partition coefficient (Wildman–Crippen LogP) is 1.81. The van der Waals surface area contributed by atoms with Crippen LogP contribution in [0.15, 0.2) is 5.11 Å². The van der Waals surface area contributed by atoms with E-state index in [1.54, 1.807) is 0 Å². The lowest BCUT2D eigenvalue weighted by atomic mass is 10.1. The molecule has 0 spiro atoms. The van der Waals surface area contributed by atoms with E-state index in [1.165, 1.54) is 0 Å². The van der Waals surface area contributed by atoms with Gasteiger partial charge in [0.1, 0.15) is 6.10 Å². The molecule has 0 aliphatic carbocycles. The molecule has 0 aromatic heterocycles. The fourth-order valence-electron chi connectivity index (χ4n) is 1.97. The smallest absolute Gasteiger partial charge is 0.192 e. The number of hydrogen-bond donors (Lipinski definition) is 2. The van der Waals surface area contributed by atoms with Crippen LogP contribution in [-0.4, -0.2) is 56.1 Å². The molecule has 1 aliphatic rings. The maximum Gasteiger partial charge on any atom is 0.192 e. The van der Waals surface area contributed by atoms with Crippen molar-refractivity contribution in [2.24, 2.45) is 5.11 Å². The van der Waals surface area contributed by atoms with Crippen molar-refractivity contribution >= 4 is 8.32 Å². The highest BCUT2D eigenvalue weighted by Crippen LogP contribution is 2.40. The van der Waals surface area contributed by atoms with Crippen LogP contribution in [0.2, 0.25) is 18.1 Å². The zero-order valence-electron chi connectivity index (χ0n) is 12.8. The molecule has 0 unspecified atom stereocenters. The molecule has 1 fully saturated rings. The Morgan fingerprint density at radius 3 is 2.20 bits per heavy atom. The average molecular weight is 303 g/mol. The number of aliphatic hydroxyl groups excluding tert-OH is 2. The zero-order chi connectivity index (χ0) is 15.6. The second-order valence-corrected chi connectivity index (χ2v) is 11.4. The normalized spacial score (nSPS) is 31.1. The minimum Gasteiger partial charge on any atom is -0.411 e. The number of nitrogens with zero attached hydrogens (tertiary/aromatic N) is 3. The van der Waals surface area contributed by atoms with Gasteiger partial charge < -0.3 is 19.4 Å². The first-order valence-electron chi connectivity index (χ1n) is 6.77. The van der Waals surface area contributed by atoms with Crippen LogP contribution < -0.4 is 0 Å². The Balaban J connectivity index is 3.01. The molecule has 4 atom stereocenters. The molecule has 2 N–H and O–H groups in total. The molecule has 0 saturated carbocycles. The maximum absolute atomic E-state index is 9.43. The summed E-state index contributed by atoms with van der Waals surface area (Å²) in [5.41, 5.74) is 8.69. The van der Waals surface area contributed by atoms with Gasteiger partial charge in [-0.1, -0.05) is 25.9 Å². The van der Waals surface area contributed by atoms with Crippen LogP contribution in [0.1, 0.15) is 20.8 Å². The van der Waals surface area contributed by atoms with E-state index >= 15 is 0 Å². The van der Waals surface area contributed by atoms with Crippen LogP contribution in [0.4, 0.5) is 0 Å². The van der Waals surface area contributed by atoms with Crippen molar-refractivity contribution < 1.29 is 19.4 Å². The third-order valence-electron chi connectivity index (χ3n) is 4.22. The SMILES string of the molecule is CC(C)(C)[Si](C)(C)O[C@@H]1[C@H](N=[N+]=[N-])[C@@H](CO)O[C@H]1CO. The number of rotatable bonds is 5. The van der Waals surface area contributed by atoms with Gasteiger partial charge in [0.2, 0.25) is 0 Å². The van der Waals surface area contributed by atoms with E-state index < -0.39 is 32.7 Å². The van der Waals surface area contributed by atoms with Gasteiger partial charge in [0.25, 0.3) is 0 Å². The van der Waals surface area contributed by atoms with Crippen LogP contribution in [0, 0.1) is 0 Å². The number of aliphatic hydroxyl groups is 2. The minimum absolute atomic E-state index is 0.00872. The summed E-state index contributed by atoms with van der Waals surface area (Å²) in [5.74, 6) is 0. The molecule has 0 bridgehead atoms. The van der Waals surface area contributed by atoms with Gasteiger partial charge in [-0.3, -0.25) is 0 Å². The third-order valence-corrected chi connectivity index (χ3v) is 8.69. The molecule has 116 valence electrons. The molecule has 7 nitrogen and oxygen atoms in total. The van der Waals surface area contributed by atoms with Crippen LogP contribution in [0.3, 0.4) is 0 Å². The summed E-state index contributed by atoms with van der Waals surface area (Å²) in [5, 5.41) is 22.4. The fourth-order valence-corrected chi connectivity index (χ4v) is 3.30. The summed E-state index contributed by atoms with van der Waals surface area (Å²) >= 11 is 0. The molecule has 0 radical (unpaired) electrons. The van der Waals surface area contributed by atoms with Crippen molar-refractivity contribution in [1.82, 2.24) is 0 Å². The Labute approximate surface area is 120 Å². The van der Waals surface area contributed by atoms with Crippen molar-refractivity contribution in [3.05, 3.63) is 10.4 Å². The molecular formula is C12H25N3O4Si. The zero-order valence-corrected chi connectivity index (χ0v) is 13.8. The number of hydrogen-bond acceptors (Lipinski definition) is 5. The van der Waals surface area contributed by atoms with Gasteiger partial charge in [-0.05, 0) is 23.7 Å². The Bertz CT molecular complexity index is 379. The van der Waals surface area contributed by atoms with Gasteiger partial charge in [-0.15, -0.1) is 0 Å². The molecule has 0 aromatic carbocycles. The molecule has 8 heteroatoms. The van der Waals surface area contributed by atoms with E-state index in [-0.39, 0.29) is 18.3 Å². The number of azide groups is 1. The van der Waals surface area contributed by atoms with Crippen molar-refractivity contribution in [2.75, 3.05) is 13.2 Å². The number of ether oxygens (including phenoxy) is 1. The second kappa shape index (κ2) is 6.42. The Morgan fingerprint density at radius 2 is 1.80 bits per heavy atom.